The maximum atomic E-state index is 5.83. The number of methoxy groups -OCH3 is 1. The minimum Gasteiger partial charge on any atom is -0.467 e. The molecule has 2 unspecified atom stereocenters. The highest BCUT2D eigenvalue weighted by molar-refractivity contribution is 5.04. The number of furan rings is 1. The van der Waals surface area contributed by atoms with Crippen molar-refractivity contribution in [2.75, 3.05) is 7.11 Å². The highest BCUT2D eigenvalue weighted by Crippen LogP contribution is 2.21. The van der Waals surface area contributed by atoms with Crippen LogP contribution in [0, 0.1) is 0 Å². The van der Waals surface area contributed by atoms with E-state index in [9.17, 15) is 0 Å². The van der Waals surface area contributed by atoms with Crippen molar-refractivity contribution in [3.63, 3.8) is 0 Å². The Labute approximate surface area is 72.5 Å². The van der Waals surface area contributed by atoms with Crippen LogP contribution in [-0.2, 0) is 4.74 Å². The monoisotopic (exact) mass is 169 g/mol. The molecule has 0 aliphatic rings. The molecule has 1 rings (SSSR count). The molecule has 3 heteroatoms. The number of nitrogens with two attached hydrogens (primary N) is 1. The van der Waals surface area contributed by atoms with E-state index in [0.717, 1.165) is 12.2 Å². The van der Waals surface area contributed by atoms with Gasteiger partial charge in [0.05, 0.1) is 6.26 Å². The first-order valence-corrected chi connectivity index (χ1v) is 4.11. The average Bonchev–Trinajstić information content (AvgIpc) is 2.58. The summed E-state index contributed by atoms with van der Waals surface area (Å²) in [5, 5.41) is 0. The summed E-state index contributed by atoms with van der Waals surface area (Å²) in [6.07, 6.45) is 2.38. The quantitative estimate of drug-likeness (QED) is 0.746. The first kappa shape index (κ1) is 9.29. The van der Waals surface area contributed by atoms with Crippen molar-refractivity contribution in [1.29, 1.82) is 0 Å². The van der Waals surface area contributed by atoms with Crippen LogP contribution in [0.25, 0.3) is 0 Å². The van der Waals surface area contributed by atoms with Gasteiger partial charge in [0.15, 0.2) is 0 Å². The van der Waals surface area contributed by atoms with Crippen molar-refractivity contribution in [3.8, 4) is 0 Å². The van der Waals surface area contributed by atoms with Gasteiger partial charge in [0, 0.05) is 13.2 Å². The van der Waals surface area contributed by atoms with E-state index in [1.54, 1.807) is 13.4 Å². The fourth-order valence-corrected chi connectivity index (χ4v) is 1.17. The van der Waals surface area contributed by atoms with Gasteiger partial charge in [0.2, 0.25) is 0 Å². The van der Waals surface area contributed by atoms with Gasteiger partial charge >= 0.3 is 0 Å². The Bertz CT molecular complexity index is 208. The number of rotatable bonds is 4. The molecule has 68 valence electrons. The highest BCUT2D eigenvalue weighted by atomic mass is 16.5. The van der Waals surface area contributed by atoms with Gasteiger partial charge in [-0.05, 0) is 18.6 Å². The van der Waals surface area contributed by atoms with Crippen LogP contribution in [0.3, 0.4) is 0 Å². The predicted molar refractivity (Wildman–Crippen MR) is 46.7 cm³/mol. The number of hydrogen-bond donors (Lipinski definition) is 1. The first-order valence-electron chi connectivity index (χ1n) is 4.11. The molecule has 0 spiro atoms. The third kappa shape index (κ3) is 1.87. The molecule has 0 aromatic carbocycles. The topological polar surface area (TPSA) is 48.4 Å². The molecular formula is C9H15NO2. The zero-order valence-corrected chi connectivity index (χ0v) is 7.49. The Morgan fingerprint density at radius 2 is 2.42 bits per heavy atom. The summed E-state index contributed by atoms with van der Waals surface area (Å²) in [6.45, 7) is 2.03. The van der Waals surface area contributed by atoms with Crippen LogP contribution in [0.2, 0.25) is 0 Å². The maximum Gasteiger partial charge on any atom is 0.134 e. The van der Waals surface area contributed by atoms with E-state index in [0.29, 0.717) is 0 Å². The normalized spacial score (nSPS) is 15.9. The van der Waals surface area contributed by atoms with Gasteiger partial charge in [-0.25, -0.2) is 0 Å². The van der Waals surface area contributed by atoms with E-state index >= 15 is 0 Å². The fourth-order valence-electron chi connectivity index (χ4n) is 1.17. The van der Waals surface area contributed by atoms with Crippen LogP contribution in [0.4, 0.5) is 0 Å². The summed E-state index contributed by atoms with van der Waals surface area (Å²) >= 11 is 0. The molecule has 0 aliphatic heterocycles. The molecule has 0 saturated heterocycles. The summed E-state index contributed by atoms with van der Waals surface area (Å²) < 4.78 is 10.4. The molecule has 0 radical (unpaired) electrons. The van der Waals surface area contributed by atoms with Gasteiger partial charge < -0.3 is 14.9 Å². The second-order valence-electron chi connectivity index (χ2n) is 2.74. The summed E-state index contributed by atoms with van der Waals surface area (Å²) in [5.41, 5.74) is 5.83. The summed E-state index contributed by atoms with van der Waals surface area (Å²) in [7, 11) is 1.64. The van der Waals surface area contributed by atoms with Crippen molar-refractivity contribution in [3.05, 3.63) is 24.2 Å². The zero-order valence-electron chi connectivity index (χ0n) is 7.49. The minimum atomic E-state index is -0.120. The molecule has 12 heavy (non-hydrogen) atoms. The van der Waals surface area contributed by atoms with E-state index in [1.807, 2.05) is 19.1 Å². The molecular weight excluding hydrogens is 154 g/mol. The molecule has 2 N–H and O–H groups in total. The molecule has 1 aromatic heterocycles. The van der Waals surface area contributed by atoms with E-state index in [2.05, 4.69) is 0 Å². The molecule has 0 saturated carbocycles. The van der Waals surface area contributed by atoms with E-state index in [4.69, 9.17) is 14.9 Å². The lowest BCUT2D eigenvalue weighted by molar-refractivity contribution is 0.0610. The van der Waals surface area contributed by atoms with Gasteiger partial charge in [-0.15, -0.1) is 0 Å². The predicted octanol–water partition coefficient (Wildman–Crippen LogP) is 1.70. The van der Waals surface area contributed by atoms with Gasteiger partial charge in [0.1, 0.15) is 11.9 Å². The molecule has 2 atom stereocenters. The lowest BCUT2D eigenvalue weighted by Crippen LogP contribution is -2.28. The molecule has 3 nitrogen and oxygen atoms in total. The summed E-state index contributed by atoms with van der Waals surface area (Å²) in [4.78, 5) is 0. The molecule has 1 heterocycles. The van der Waals surface area contributed by atoms with Crippen molar-refractivity contribution >= 4 is 0 Å². The largest absolute Gasteiger partial charge is 0.467 e. The SMILES string of the molecule is CCC(N)C(OC)c1ccco1. The number of ether oxygens (including phenoxy) is 1. The van der Waals surface area contributed by atoms with Gasteiger partial charge in [-0.1, -0.05) is 6.92 Å². The Morgan fingerprint density at radius 1 is 1.67 bits per heavy atom. The first-order chi connectivity index (χ1) is 5.79. The molecule has 0 amide bonds. The second kappa shape index (κ2) is 4.28. The lowest BCUT2D eigenvalue weighted by Gasteiger charge is -2.18. The van der Waals surface area contributed by atoms with Gasteiger partial charge in [0.25, 0.3) is 0 Å². The third-order valence-corrected chi connectivity index (χ3v) is 1.94. The third-order valence-electron chi connectivity index (χ3n) is 1.94. The van der Waals surface area contributed by atoms with E-state index in [1.165, 1.54) is 0 Å². The van der Waals surface area contributed by atoms with Crippen LogP contribution in [-0.4, -0.2) is 13.2 Å². The maximum absolute atomic E-state index is 5.83. The van der Waals surface area contributed by atoms with Crippen LogP contribution in [0.1, 0.15) is 25.2 Å². The van der Waals surface area contributed by atoms with Crippen LogP contribution in [0.15, 0.2) is 22.8 Å². The second-order valence-corrected chi connectivity index (χ2v) is 2.74. The van der Waals surface area contributed by atoms with Crippen molar-refractivity contribution in [2.24, 2.45) is 5.73 Å². The van der Waals surface area contributed by atoms with Gasteiger partial charge in [-0.3, -0.25) is 0 Å². The Morgan fingerprint density at radius 3 is 2.83 bits per heavy atom. The fraction of sp³-hybridized carbons (Fsp3) is 0.556. The van der Waals surface area contributed by atoms with Crippen molar-refractivity contribution in [1.82, 2.24) is 0 Å². The van der Waals surface area contributed by atoms with Crippen LogP contribution in [0.5, 0.6) is 0 Å². The Hall–Kier alpha value is -0.800. The summed E-state index contributed by atoms with van der Waals surface area (Å²) in [6, 6.07) is 3.72. The average molecular weight is 169 g/mol. The molecule has 0 fully saturated rings. The minimum absolute atomic E-state index is 0.00106. The highest BCUT2D eigenvalue weighted by Gasteiger charge is 2.19. The van der Waals surface area contributed by atoms with E-state index in [-0.39, 0.29) is 12.1 Å². The molecule has 0 bridgehead atoms. The van der Waals surface area contributed by atoms with Gasteiger partial charge in [-0.2, -0.15) is 0 Å². The summed E-state index contributed by atoms with van der Waals surface area (Å²) in [5.74, 6) is 0.798. The lowest BCUT2D eigenvalue weighted by atomic mass is 10.1. The molecule has 1 aromatic rings. The van der Waals surface area contributed by atoms with Crippen LogP contribution >= 0.6 is 0 Å². The Balaban J connectivity index is 2.69. The standard InChI is InChI=1S/C9H15NO2/c1-3-7(10)9(11-2)8-5-4-6-12-8/h4-7,9H,3,10H2,1-2H3. The molecule has 0 aliphatic carbocycles. The van der Waals surface area contributed by atoms with Crippen molar-refractivity contribution < 1.29 is 9.15 Å². The Kier molecular flexibility index (Phi) is 3.31. The smallest absolute Gasteiger partial charge is 0.134 e. The van der Waals surface area contributed by atoms with E-state index < -0.39 is 0 Å². The van der Waals surface area contributed by atoms with Crippen LogP contribution < -0.4 is 5.73 Å². The zero-order chi connectivity index (χ0) is 8.97. The van der Waals surface area contributed by atoms with Crippen molar-refractivity contribution in [2.45, 2.75) is 25.5 Å². The number of hydrogen-bond acceptors (Lipinski definition) is 3.